The van der Waals surface area contributed by atoms with Gasteiger partial charge in [0.2, 0.25) is 0 Å². The van der Waals surface area contributed by atoms with Gasteiger partial charge in [-0.1, -0.05) is 79.5 Å². The van der Waals surface area contributed by atoms with Crippen LogP contribution in [0.5, 0.6) is 0 Å². The molecule has 1 atom stereocenters. The number of aryl methyl sites for hydroxylation is 2. The van der Waals surface area contributed by atoms with Gasteiger partial charge in [0.05, 0.1) is 28.0 Å². The third-order valence-electron chi connectivity index (χ3n) is 7.10. The molecular formula is C30H28Cl2N4. The SMILES string of the molecule is Cc1cc(C(C)(c2ccc(C(C)C)nc2)c2cncn2C)cc2c(Cl)c(-c3ccccc3)c(Cl)nc12. The first-order valence-electron chi connectivity index (χ1n) is 12.0. The van der Waals surface area contributed by atoms with Crippen LogP contribution < -0.4 is 0 Å². The molecule has 0 aliphatic carbocycles. The van der Waals surface area contributed by atoms with Gasteiger partial charge in [-0.05, 0) is 54.2 Å². The monoisotopic (exact) mass is 514 g/mol. The minimum atomic E-state index is -0.525. The largest absolute Gasteiger partial charge is 0.337 e. The Hall–Kier alpha value is -3.21. The van der Waals surface area contributed by atoms with Crippen LogP contribution in [-0.4, -0.2) is 19.5 Å². The number of fused-ring (bicyclic) bond motifs is 1. The van der Waals surface area contributed by atoms with E-state index < -0.39 is 5.41 Å². The molecule has 0 saturated heterocycles. The fourth-order valence-electron chi connectivity index (χ4n) is 4.96. The minimum Gasteiger partial charge on any atom is -0.337 e. The molecule has 182 valence electrons. The van der Waals surface area contributed by atoms with Gasteiger partial charge in [-0.3, -0.25) is 4.98 Å². The smallest absolute Gasteiger partial charge is 0.139 e. The molecule has 1 unspecified atom stereocenters. The summed E-state index contributed by atoms with van der Waals surface area (Å²) < 4.78 is 2.06. The van der Waals surface area contributed by atoms with Crippen molar-refractivity contribution in [3.05, 3.63) is 112 Å². The van der Waals surface area contributed by atoms with Gasteiger partial charge in [-0.15, -0.1) is 0 Å². The molecule has 0 bridgehead atoms. The van der Waals surface area contributed by atoms with Crippen molar-refractivity contribution in [2.75, 3.05) is 0 Å². The highest BCUT2D eigenvalue weighted by Crippen LogP contribution is 2.44. The average molecular weight is 515 g/mol. The van der Waals surface area contributed by atoms with Crippen molar-refractivity contribution < 1.29 is 0 Å². The van der Waals surface area contributed by atoms with Crippen molar-refractivity contribution >= 4 is 34.1 Å². The van der Waals surface area contributed by atoms with Crippen LogP contribution in [-0.2, 0) is 12.5 Å². The Morgan fingerprint density at radius 3 is 2.31 bits per heavy atom. The summed E-state index contributed by atoms with van der Waals surface area (Å²) in [6.45, 7) is 8.57. The zero-order chi connectivity index (χ0) is 25.6. The second kappa shape index (κ2) is 9.34. The topological polar surface area (TPSA) is 43.6 Å². The molecule has 2 aromatic carbocycles. The Morgan fingerprint density at radius 2 is 1.69 bits per heavy atom. The molecule has 0 aliphatic rings. The van der Waals surface area contributed by atoms with Crippen molar-refractivity contribution in [2.45, 2.75) is 39.0 Å². The number of halogens is 2. The van der Waals surface area contributed by atoms with Crippen molar-refractivity contribution in [1.29, 1.82) is 0 Å². The van der Waals surface area contributed by atoms with Gasteiger partial charge in [0.15, 0.2) is 0 Å². The first-order chi connectivity index (χ1) is 17.2. The Morgan fingerprint density at radius 1 is 0.944 bits per heavy atom. The number of hydrogen-bond donors (Lipinski definition) is 0. The highest BCUT2D eigenvalue weighted by molar-refractivity contribution is 6.42. The molecule has 0 saturated carbocycles. The molecule has 6 heteroatoms. The Labute approximate surface area is 222 Å². The van der Waals surface area contributed by atoms with Gasteiger partial charge in [-0.25, -0.2) is 9.97 Å². The Kier molecular flexibility index (Phi) is 6.36. The Balaban J connectivity index is 1.80. The molecular weight excluding hydrogens is 487 g/mol. The maximum Gasteiger partial charge on any atom is 0.139 e. The third-order valence-corrected chi connectivity index (χ3v) is 7.76. The molecule has 3 heterocycles. The molecule has 3 aromatic heterocycles. The lowest BCUT2D eigenvalue weighted by molar-refractivity contribution is 0.622. The number of aromatic nitrogens is 4. The van der Waals surface area contributed by atoms with Gasteiger partial charge in [0.25, 0.3) is 0 Å². The van der Waals surface area contributed by atoms with Gasteiger partial charge in [0.1, 0.15) is 5.15 Å². The lowest BCUT2D eigenvalue weighted by atomic mass is 9.73. The normalized spacial score (nSPS) is 13.3. The highest BCUT2D eigenvalue weighted by atomic mass is 35.5. The van der Waals surface area contributed by atoms with Crippen LogP contribution in [0.25, 0.3) is 22.0 Å². The first-order valence-corrected chi connectivity index (χ1v) is 12.8. The van der Waals surface area contributed by atoms with E-state index in [2.05, 4.69) is 61.5 Å². The fraction of sp³-hybridized carbons (Fsp3) is 0.233. The summed E-state index contributed by atoms with van der Waals surface area (Å²) in [5.41, 5.74) is 7.25. The zero-order valence-corrected chi connectivity index (χ0v) is 22.6. The third kappa shape index (κ3) is 3.99. The summed E-state index contributed by atoms with van der Waals surface area (Å²) >= 11 is 13.7. The molecule has 5 rings (SSSR count). The number of pyridine rings is 2. The number of rotatable bonds is 5. The van der Waals surface area contributed by atoms with Gasteiger partial charge in [0, 0.05) is 36.1 Å². The van der Waals surface area contributed by atoms with Gasteiger partial charge < -0.3 is 4.57 Å². The quantitative estimate of drug-likeness (QED) is 0.222. The van der Waals surface area contributed by atoms with E-state index in [1.54, 1.807) is 0 Å². The molecule has 0 radical (unpaired) electrons. The van der Waals surface area contributed by atoms with Gasteiger partial charge in [-0.2, -0.15) is 0 Å². The van der Waals surface area contributed by atoms with E-state index in [4.69, 9.17) is 33.2 Å². The molecule has 0 spiro atoms. The number of hydrogen-bond acceptors (Lipinski definition) is 3. The zero-order valence-electron chi connectivity index (χ0n) is 21.1. The lowest BCUT2D eigenvalue weighted by Crippen LogP contribution is -2.28. The molecule has 0 fully saturated rings. The summed E-state index contributed by atoms with van der Waals surface area (Å²) in [5.74, 6) is 0.357. The molecule has 36 heavy (non-hydrogen) atoms. The van der Waals surface area contributed by atoms with E-state index in [0.717, 1.165) is 50.1 Å². The average Bonchev–Trinajstić information content (AvgIpc) is 3.31. The van der Waals surface area contributed by atoms with Crippen LogP contribution in [0.15, 0.2) is 73.3 Å². The van der Waals surface area contributed by atoms with E-state index in [1.807, 2.05) is 56.1 Å². The minimum absolute atomic E-state index is 0.357. The molecule has 0 aliphatic heterocycles. The predicted octanol–water partition coefficient (Wildman–Crippen LogP) is 8.12. The van der Waals surface area contributed by atoms with Crippen LogP contribution >= 0.6 is 23.2 Å². The van der Waals surface area contributed by atoms with Crippen LogP contribution in [0.1, 0.15) is 54.8 Å². The summed E-state index contributed by atoms with van der Waals surface area (Å²) in [6, 6.07) is 18.5. The Bertz CT molecular complexity index is 1560. The van der Waals surface area contributed by atoms with E-state index in [9.17, 15) is 0 Å². The number of imidazole rings is 1. The lowest BCUT2D eigenvalue weighted by Gasteiger charge is -2.32. The van der Waals surface area contributed by atoms with E-state index in [1.165, 1.54) is 0 Å². The maximum atomic E-state index is 7.08. The maximum absolute atomic E-state index is 7.08. The van der Waals surface area contributed by atoms with Crippen LogP contribution in [0.2, 0.25) is 10.2 Å². The first kappa shape index (κ1) is 24.5. The summed E-state index contributed by atoms with van der Waals surface area (Å²) in [4.78, 5) is 14.0. The molecule has 5 aromatic rings. The van der Waals surface area contributed by atoms with Crippen molar-refractivity contribution in [3.63, 3.8) is 0 Å². The summed E-state index contributed by atoms with van der Waals surface area (Å²) in [5, 5.41) is 1.87. The van der Waals surface area contributed by atoms with Crippen LogP contribution in [0, 0.1) is 6.92 Å². The standard InChI is InChI=1S/C30H28Cl2N4/c1-18(2)24-12-11-21(15-34-24)30(4,25-16-33-17-36(25)5)22-13-19(3)28-23(14-22)27(31)26(29(32)35-28)20-9-7-6-8-10-20/h6-18H,1-5H3. The van der Waals surface area contributed by atoms with E-state index in [0.29, 0.717) is 16.1 Å². The summed E-state index contributed by atoms with van der Waals surface area (Å²) in [6.07, 6.45) is 5.74. The molecule has 4 nitrogen and oxygen atoms in total. The molecule has 0 amide bonds. The van der Waals surface area contributed by atoms with Crippen LogP contribution in [0.4, 0.5) is 0 Å². The fourth-order valence-corrected chi connectivity index (χ4v) is 5.64. The van der Waals surface area contributed by atoms with Gasteiger partial charge >= 0.3 is 0 Å². The van der Waals surface area contributed by atoms with Crippen molar-refractivity contribution in [3.8, 4) is 11.1 Å². The number of nitrogens with zero attached hydrogens (tertiary/aromatic N) is 4. The second-order valence-electron chi connectivity index (χ2n) is 9.79. The second-order valence-corrected chi connectivity index (χ2v) is 10.5. The van der Waals surface area contributed by atoms with E-state index in [-0.39, 0.29) is 0 Å². The molecule has 0 N–H and O–H groups in total. The van der Waals surface area contributed by atoms with E-state index >= 15 is 0 Å². The van der Waals surface area contributed by atoms with Crippen molar-refractivity contribution in [1.82, 2.24) is 19.5 Å². The van der Waals surface area contributed by atoms with Crippen molar-refractivity contribution in [2.24, 2.45) is 7.05 Å². The predicted molar refractivity (Wildman–Crippen MR) is 149 cm³/mol. The highest BCUT2D eigenvalue weighted by Gasteiger charge is 2.35. The number of benzene rings is 2. The van der Waals surface area contributed by atoms with Crippen LogP contribution in [0.3, 0.4) is 0 Å². The summed E-state index contributed by atoms with van der Waals surface area (Å²) in [7, 11) is 2.02.